The highest BCUT2D eigenvalue weighted by Crippen LogP contribution is 2.41. The number of thioether (sulfide) groups is 1. The summed E-state index contributed by atoms with van der Waals surface area (Å²) in [5.41, 5.74) is 1.33. The van der Waals surface area contributed by atoms with E-state index in [2.05, 4.69) is 5.32 Å². The van der Waals surface area contributed by atoms with Gasteiger partial charge in [0.1, 0.15) is 17.2 Å². The second-order valence-corrected chi connectivity index (χ2v) is 11.9. The molecule has 42 heavy (non-hydrogen) atoms. The minimum atomic E-state index is -4.03. The van der Waals surface area contributed by atoms with Crippen molar-refractivity contribution in [1.82, 2.24) is 10.2 Å². The lowest BCUT2D eigenvalue weighted by atomic mass is 10.0. The van der Waals surface area contributed by atoms with Gasteiger partial charge in [0.15, 0.2) is 18.5 Å². The summed E-state index contributed by atoms with van der Waals surface area (Å²) in [6.07, 6.45) is -1.20. The smallest absolute Gasteiger partial charge is 0.484 e. The Morgan fingerprint density at radius 3 is 2.10 bits per heavy atom. The fourth-order valence-electron chi connectivity index (χ4n) is 4.35. The summed E-state index contributed by atoms with van der Waals surface area (Å²) in [6.45, 7) is -0.320. The van der Waals surface area contributed by atoms with Gasteiger partial charge in [-0.25, -0.2) is 4.79 Å². The van der Waals surface area contributed by atoms with E-state index < -0.39 is 51.5 Å². The Morgan fingerprint density at radius 1 is 0.952 bits per heavy atom. The van der Waals surface area contributed by atoms with E-state index in [4.69, 9.17) is 18.4 Å². The highest BCUT2D eigenvalue weighted by molar-refractivity contribution is 8.00. The average molecular weight is 611 g/mol. The Bertz CT molecular complexity index is 1540. The lowest BCUT2D eigenvalue weighted by Gasteiger charge is -2.48. The van der Waals surface area contributed by atoms with E-state index in [0.717, 1.165) is 22.9 Å². The van der Waals surface area contributed by atoms with Gasteiger partial charge in [0.05, 0.1) is 12.0 Å². The minimum absolute atomic E-state index is 0.0577. The highest BCUT2D eigenvalue weighted by Gasteiger charge is 2.55. The number of para-hydroxylation sites is 1. The van der Waals surface area contributed by atoms with Crippen molar-refractivity contribution in [3.8, 4) is 5.75 Å². The molecule has 0 radical (unpaired) electrons. The molecule has 1 saturated heterocycles. The molecule has 13 heteroatoms. The third-order valence-electron chi connectivity index (χ3n) is 6.17. The quantitative estimate of drug-likeness (QED) is 0.206. The monoisotopic (exact) mass is 610 g/mol. The van der Waals surface area contributed by atoms with Gasteiger partial charge in [-0.05, 0) is 23.3 Å². The van der Waals surface area contributed by atoms with Crippen LogP contribution in [0, 0.1) is 0 Å². The third-order valence-corrected chi connectivity index (χ3v) is 7.92. The molecule has 2 aliphatic heterocycles. The van der Waals surface area contributed by atoms with Gasteiger partial charge in [-0.15, -0.1) is 11.8 Å². The number of β-lactam (4-membered cyclic amide) rings is 1. The van der Waals surface area contributed by atoms with Gasteiger partial charge in [-0.3, -0.25) is 14.5 Å². The van der Waals surface area contributed by atoms with E-state index >= 15 is 0 Å². The Hall–Kier alpha value is -4.49. The molecular formula is C29H26N2O9S2. The van der Waals surface area contributed by atoms with E-state index in [1.807, 2.05) is 18.2 Å². The first-order chi connectivity index (χ1) is 20.2. The van der Waals surface area contributed by atoms with Crippen LogP contribution in [0.5, 0.6) is 5.75 Å². The number of hydrogen-bond donors (Lipinski definition) is 1. The van der Waals surface area contributed by atoms with Crippen LogP contribution in [0.2, 0.25) is 0 Å². The first kappa shape index (κ1) is 29.0. The van der Waals surface area contributed by atoms with Crippen LogP contribution < -0.4 is 10.1 Å². The molecule has 0 bridgehead atoms. The molecule has 11 nitrogen and oxygen atoms in total. The van der Waals surface area contributed by atoms with Gasteiger partial charge in [0, 0.05) is 0 Å². The van der Waals surface area contributed by atoms with Crippen LogP contribution in [0.25, 0.3) is 0 Å². The number of carbonyl (C=O) groups excluding carboxylic acids is 3. The molecule has 2 amide bonds. The fourth-order valence-corrected chi connectivity index (χ4v) is 6.15. The van der Waals surface area contributed by atoms with Gasteiger partial charge < -0.3 is 23.7 Å². The van der Waals surface area contributed by atoms with E-state index in [9.17, 15) is 22.8 Å². The summed E-state index contributed by atoms with van der Waals surface area (Å²) < 4.78 is 45.6. The molecule has 0 aromatic heterocycles. The standard InChI is InChI=1S/C29H26N2O9S2/c1-42(35,36)40-22-18-41-28-24(30-23(32)17-37-21-15-9-4-10-16-21)26(33)31(28)27(22)39-29(34)38-25(19-11-5-2-6-12-19)20-13-7-3-8-14-20/h2-16,24-25,28H,17-18H2,1H3,(H,30,32)/t24?,28-/m0/s1. The van der Waals surface area contributed by atoms with Crippen LogP contribution >= 0.6 is 11.8 Å². The predicted octanol–water partition coefficient (Wildman–Crippen LogP) is 3.55. The van der Waals surface area contributed by atoms with Crippen LogP contribution in [0.4, 0.5) is 4.79 Å². The van der Waals surface area contributed by atoms with Gasteiger partial charge in [0.25, 0.3) is 17.7 Å². The van der Waals surface area contributed by atoms with E-state index in [1.165, 1.54) is 0 Å². The maximum Gasteiger partial charge on any atom is 0.516 e. The Morgan fingerprint density at radius 2 is 1.52 bits per heavy atom. The Kier molecular flexibility index (Phi) is 8.69. The zero-order chi connectivity index (χ0) is 29.7. The van der Waals surface area contributed by atoms with Crippen LogP contribution in [0.15, 0.2) is 103 Å². The summed E-state index contributed by atoms with van der Waals surface area (Å²) in [5, 5.41) is 1.93. The lowest BCUT2D eigenvalue weighted by molar-refractivity contribution is -0.149. The van der Waals surface area contributed by atoms with E-state index in [1.54, 1.807) is 72.8 Å². The maximum absolute atomic E-state index is 13.2. The number of benzene rings is 3. The van der Waals surface area contributed by atoms with Gasteiger partial charge in [0.2, 0.25) is 0 Å². The SMILES string of the molecule is CS(=O)(=O)OC1=C(OC(=O)OC(c2ccccc2)c2ccccc2)N2C(=O)C(NC(=O)COc3ccccc3)[C@@H]2SC1. The maximum atomic E-state index is 13.2. The van der Waals surface area contributed by atoms with Crippen molar-refractivity contribution in [2.24, 2.45) is 0 Å². The molecule has 0 spiro atoms. The Balaban J connectivity index is 1.32. The summed E-state index contributed by atoms with van der Waals surface area (Å²) >= 11 is 1.14. The number of nitrogens with zero attached hydrogens (tertiary/aromatic N) is 1. The first-order valence-corrected chi connectivity index (χ1v) is 15.6. The molecule has 1 N–H and O–H groups in total. The van der Waals surface area contributed by atoms with Gasteiger partial charge in [-0.1, -0.05) is 78.9 Å². The molecule has 2 heterocycles. The van der Waals surface area contributed by atoms with Gasteiger partial charge >= 0.3 is 16.3 Å². The van der Waals surface area contributed by atoms with Crippen LogP contribution in [-0.2, 0) is 33.4 Å². The van der Waals surface area contributed by atoms with Crippen LogP contribution in [0.3, 0.4) is 0 Å². The normalized spacial score (nSPS) is 18.0. The minimum Gasteiger partial charge on any atom is -0.484 e. The summed E-state index contributed by atoms with van der Waals surface area (Å²) in [5.74, 6) is -1.39. The van der Waals surface area contributed by atoms with E-state index in [0.29, 0.717) is 16.9 Å². The number of ether oxygens (including phenoxy) is 3. The van der Waals surface area contributed by atoms with Crippen LogP contribution in [0.1, 0.15) is 17.2 Å². The van der Waals surface area contributed by atoms with Crippen molar-refractivity contribution in [1.29, 1.82) is 0 Å². The van der Waals surface area contributed by atoms with Gasteiger partial charge in [-0.2, -0.15) is 8.42 Å². The van der Waals surface area contributed by atoms with Crippen molar-refractivity contribution in [3.63, 3.8) is 0 Å². The largest absolute Gasteiger partial charge is 0.516 e. The zero-order valence-electron chi connectivity index (χ0n) is 22.2. The second-order valence-electron chi connectivity index (χ2n) is 9.24. The van der Waals surface area contributed by atoms with Crippen molar-refractivity contribution in [2.45, 2.75) is 17.5 Å². The molecule has 3 aromatic rings. The Labute approximate surface area is 246 Å². The number of fused-ring (bicyclic) bond motifs is 1. The number of hydrogen-bond acceptors (Lipinski definition) is 10. The van der Waals surface area contributed by atoms with Crippen molar-refractivity contribution >= 4 is 39.8 Å². The molecule has 1 unspecified atom stereocenters. The average Bonchev–Trinajstić information content (AvgIpc) is 2.99. The molecule has 0 saturated carbocycles. The molecule has 2 atom stereocenters. The number of rotatable bonds is 10. The summed E-state index contributed by atoms with van der Waals surface area (Å²) in [7, 11) is -4.03. The van der Waals surface area contributed by atoms with Crippen LogP contribution in [-0.4, -0.2) is 61.3 Å². The first-order valence-electron chi connectivity index (χ1n) is 12.7. The van der Waals surface area contributed by atoms with Crippen molar-refractivity contribution < 1.29 is 41.2 Å². The topological polar surface area (TPSA) is 138 Å². The highest BCUT2D eigenvalue weighted by atomic mass is 32.2. The molecule has 218 valence electrons. The molecule has 5 rings (SSSR count). The fraction of sp³-hybridized carbons (Fsp3) is 0.207. The van der Waals surface area contributed by atoms with Crippen molar-refractivity contribution in [3.05, 3.63) is 114 Å². The summed E-state index contributed by atoms with van der Waals surface area (Å²) in [4.78, 5) is 39.9. The summed E-state index contributed by atoms with van der Waals surface area (Å²) in [6, 6.07) is 25.7. The molecule has 2 aliphatic rings. The number of carbonyl (C=O) groups is 3. The molecule has 0 aliphatic carbocycles. The van der Waals surface area contributed by atoms with E-state index in [-0.39, 0.29) is 18.1 Å². The van der Waals surface area contributed by atoms with Crippen molar-refractivity contribution in [2.75, 3.05) is 18.6 Å². The molecule has 3 aromatic carbocycles. The molecule has 1 fully saturated rings. The molecular weight excluding hydrogens is 584 g/mol. The predicted molar refractivity (Wildman–Crippen MR) is 152 cm³/mol. The second kappa shape index (κ2) is 12.6. The number of nitrogens with one attached hydrogen (secondary N) is 1. The zero-order valence-corrected chi connectivity index (χ0v) is 23.9. The third kappa shape index (κ3) is 6.86. The lowest BCUT2D eigenvalue weighted by Crippen LogP contribution is -2.70. The number of amides is 2.